The molecule has 2 aliphatic heterocycles. The highest BCUT2D eigenvalue weighted by Crippen LogP contribution is 2.39. The summed E-state index contributed by atoms with van der Waals surface area (Å²) in [6.45, 7) is 1.95. The molecule has 0 atom stereocenters. The number of aliphatic imine (C=N–C) groups is 1. The minimum Gasteiger partial charge on any atom is -0.454 e. The molecule has 0 spiro atoms. The van der Waals surface area contributed by atoms with E-state index in [2.05, 4.69) is 10.2 Å². The molecule has 1 amide bonds. The summed E-state index contributed by atoms with van der Waals surface area (Å²) in [5.74, 6) is 2.25. The van der Waals surface area contributed by atoms with Crippen LogP contribution in [0.5, 0.6) is 11.5 Å². The number of para-hydroxylation sites is 2. The molecular weight excluding hydrogens is 362 g/mol. The number of anilines is 1. The quantitative estimate of drug-likeness (QED) is 0.660. The number of benzene rings is 3. The van der Waals surface area contributed by atoms with Gasteiger partial charge in [0.2, 0.25) is 0 Å². The zero-order chi connectivity index (χ0) is 19.6. The second-order valence-electron chi connectivity index (χ2n) is 7.23. The van der Waals surface area contributed by atoms with Crippen LogP contribution in [0.25, 0.3) is 0 Å². The molecule has 5 rings (SSSR count). The minimum atomic E-state index is -0.136. The zero-order valence-corrected chi connectivity index (χ0v) is 16.0. The molecule has 0 aliphatic carbocycles. The molecule has 0 radical (unpaired) electrons. The highest BCUT2D eigenvalue weighted by molar-refractivity contribution is 6.07. The third-order valence-electron chi connectivity index (χ3n) is 5.23. The smallest absolute Gasteiger partial charge is 0.255 e. The van der Waals surface area contributed by atoms with Gasteiger partial charge in [0.1, 0.15) is 17.3 Å². The molecule has 5 nitrogen and oxygen atoms in total. The van der Waals surface area contributed by atoms with Crippen molar-refractivity contribution in [3.63, 3.8) is 0 Å². The topological polar surface area (TPSA) is 53.9 Å². The van der Waals surface area contributed by atoms with Crippen molar-refractivity contribution in [2.45, 2.75) is 12.8 Å². The Hall–Kier alpha value is -3.60. The number of carbonyl (C=O) groups excluding carboxylic acids is 1. The van der Waals surface area contributed by atoms with Gasteiger partial charge in [-0.2, -0.15) is 0 Å². The molecule has 1 N–H and O–H groups in total. The SMILES string of the molecule is O=C(Nc1ccc2c(c1)C(N1CCCC1)=Nc1ccccc1O2)c1ccccc1. The predicted molar refractivity (Wildman–Crippen MR) is 114 cm³/mol. The Morgan fingerprint density at radius 3 is 2.48 bits per heavy atom. The van der Waals surface area contributed by atoms with Gasteiger partial charge in [0, 0.05) is 24.3 Å². The number of hydrogen-bond donors (Lipinski definition) is 1. The van der Waals surface area contributed by atoms with Gasteiger partial charge >= 0.3 is 0 Å². The Morgan fingerprint density at radius 1 is 0.897 bits per heavy atom. The maximum Gasteiger partial charge on any atom is 0.255 e. The van der Waals surface area contributed by atoms with Crippen molar-refractivity contribution in [3.8, 4) is 11.5 Å². The summed E-state index contributed by atoms with van der Waals surface area (Å²) in [7, 11) is 0. The van der Waals surface area contributed by atoms with E-state index in [-0.39, 0.29) is 5.91 Å². The van der Waals surface area contributed by atoms with Crippen LogP contribution in [0.1, 0.15) is 28.8 Å². The van der Waals surface area contributed by atoms with Gasteiger partial charge in [-0.25, -0.2) is 4.99 Å². The highest BCUT2D eigenvalue weighted by Gasteiger charge is 2.25. The van der Waals surface area contributed by atoms with Crippen molar-refractivity contribution in [1.82, 2.24) is 4.90 Å². The fraction of sp³-hybridized carbons (Fsp3) is 0.167. The lowest BCUT2D eigenvalue weighted by atomic mass is 10.1. The summed E-state index contributed by atoms with van der Waals surface area (Å²) in [6, 6.07) is 22.8. The van der Waals surface area contributed by atoms with Crippen LogP contribution in [-0.2, 0) is 0 Å². The first-order valence-electron chi connectivity index (χ1n) is 9.89. The lowest BCUT2D eigenvalue weighted by Gasteiger charge is -2.21. The Balaban J connectivity index is 1.54. The van der Waals surface area contributed by atoms with Gasteiger partial charge < -0.3 is 15.0 Å². The van der Waals surface area contributed by atoms with Crippen LogP contribution < -0.4 is 10.1 Å². The third-order valence-corrected chi connectivity index (χ3v) is 5.23. The molecule has 3 aromatic rings. The molecule has 1 fully saturated rings. The zero-order valence-electron chi connectivity index (χ0n) is 16.0. The second-order valence-corrected chi connectivity index (χ2v) is 7.23. The number of amidine groups is 1. The fourth-order valence-corrected chi connectivity index (χ4v) is 3.76. The first-order valence-corrected chi connectivity index (χ1v) is 9.89. The first kappa shape index (κ1) is 17.5. The minimum absolute atomic E-state index is 0.136. The van der Waals surface area contributed by atoms with Crippen LogP contribution in [0, 0.1) is 0 Å². The third kappa shape index (κ3) is 3.47. The molecule has 0 unspecified atom stereocenters. The molecule has 5 heteroatoms. The van der Waals surface area contributed by atoms with Crippen LogP contribution in [0.15, 0.2) is 77.8 Å². The molecule has 0 bridgehead atoms. The number of nitrogens with one attached hydrogen (secondary N) is 1. The summed E-state index contributed by atoms with van der Waals surface area (Å²) in [5.41, 5.74) is 3.06. The lowest BCUT2D eigenvalue weighted by Crippen LogP contribution is -2.28. The van der Waals surface area contributed by atoms with Crippen LogP contribution in [0.4, 0.5) is 11.4 Å². The summed E-state index contributed by atoms with van der Waals surface area (Å²) < 4.78 is 6.18. The molecule has 1 saturated heterocycles. The van der Waals surface area contributed by atoms with E-state index in [1.807, 2.05) is 60.7 Å². The van der Waals surface area contributed by atoms with Crippen molar-refractivity contribution in [2.24, 2.45) is 4.99 Å². The van der Waals surface area contributed by atoms with E-state index in [1.165, 1.54) is 0 Å². The number of carbonyl (C=O) groups is 1. The standard InChI is InChI=1S/C24H21N3O2/c28-24(17-8-2-1-3-9-17)25-18-12-13-21-19(16-18)23(27-14-6-7-15-27)26-20-10-4-5-11-22(20)29-21/h1-5,8-13,16H,6-7,14-15H2,(H,25,28). The van der Waals surface area contributed by atoms with Crippen molar-refractivity contribution >= 4 is 23.1 Å². The highest BCUT2D eigenvalue weighted by atomic mass is 16.5. The van der Waals surface area contributed by atoms with Gasteiger partial charge in [-0.3, -0.25) is 4.79 Å². The van der Waals surface area contributed by atoms with E-state index in [1.54, 1.807) is 12.1 Å². The average molecular weight is 383 g/mol. The summed E-state index contributed by atoms with van der Waals surface area (Å²) in [6.07, 6.45) is 2.31. The molecule has 3 aromatic carbocycles. The van der Waals surface area contributed by atoms with Crippen LogP contribution in [0.3, 0.4) is 0 Å². The summed E-state index contributed by atoms with van der Waals surface area (Å²) >= 11 is 0. The van der Waals surface area contributed by atoms with Crippen molar-refractivity contribution in [1.29, 1.82) is 0 Å². The van der Waals surface area contributed by atoms with Crippen molar-refractivity contribution in [2.75, 3.05) is 18.4 Å². The maximum absolute atomic E-state index is 12.6. The van der Waals surface area contributed by atoms with E-state index < -0.39 is 0 Å². The second kappa shape index (κ2) is 7.43. The monoisotopic (exact) mass is 383 g/mol. The molecule has 144 valence electrons. The maximum atomic E-state index is 12.6. The molecule has 0 aromatic heterocycles. The number of rotatable bonds is 2. The normalized spacial score (nSPS) is 14.9. The molecule has 2 aliphatic rings. The Labute approximate surface area is 169 Å². The van der Waals surface area contributed by atoms with E-state index in [9.17, 15) is 4.79 Å². The molecular formula is C24H21N3O2. The Kier molecular flexibility index (Phi) is 4.48. The predicted octanol–water partition coefficient (Wildman–Crippen LogP) is 5.22. The van der Waals surface area contributed by atoms with Gasteiger partial charge in [-0.05, 0) is 55.3 Å². The summed E-state index contributed by atoms with van der Waals surface area (Å²) in [4.78, 5) is 19.8. The number of hydrogen-bond acceptors (Lipinski definition) is 4. The van der Waals surface area contributed by atoms with Gasteiger partial charge in [0.15, 0.2) is 5.75 Å². The Morgan fingerprint density at radius 2 is 1.66 bits per heavy atom. The van der Waals surface area contributed by atoms with Gasteiger partial charge in [0.25, 0.3) is 5.91 Å². The summed E-state index contributed by atoms with van der Waals surface area (Å²) in [5, 5.41) is 2.99. The van der Waals surface area contributed by atoms with Crippen LogP contribution >= 0.6 is 0 Å². The fourth-order valence-electron chi connectivity index (χ4n) is 3.76. The van der Waals surface area contributed by atoms with E-state index in [0.717, 1.165) is 60.2 Å². The largest absolute Gasteiger partial charge is 0.454 e. The first-order chi connectivity index (χ1) is 14.3. The number of nitrogens with zero attached hydrogens (tertiary/aromatic N) is 2. The lowest BCUT2D eigenvalue weighted by molar-refractivity contribution is 0.102. The Bertz CT molecular complexity index is 1090. The van der Waals surface area contributed by atoms with Crippen molar-refractivity contribution < 1.29 is 9.53 Å². The van der Waals surface area contributed by atoms with E-state index in [4.69, 9.17) is 9.73 Å². The van der Waals surface area contributed by atoms with Crippen LogP contribution in [0.2, 0.25) is 0 Å². The number of fused-ring (bicyclic) bond motifs is 2. The van der Waals surface area contributed by atoms with Gasteiger partial charge in [0.05, 0.1) is 5.56 Å². The van der Waals surface area contributed by atoms with E-state index in [0.29, 0.717) is 5.56 Å². The molecule has 2 heterocycles. The van der Waals surface area contributed by atoms with Crippen molar-refractivity contribution in [3.05, 3.63) is 83.9 Å². The van der Waals surface area contributed by atoms with Gasteiger partial charge in [-0.1, -0.05) is 30.3 Å². The average Bonchev–Trinajstić information content (AvgIpc) is 3.24. The van der Waals surface area contributed by atoms with Gasteiger partial charge in [-0.15, -0.1) is 0 Å². The van der Waals surface area contributed by atoms with Crippen LogP contribution in [-0.4, -0.2) is 29.7 Å². The molecule has 0 saturated carbocycles. The number of amides is 1. The number of ether oxygens (including phenoxy) is 1. The van der Waals surface area contributed by atoms with E-state index >= 15 is 0 Å². The molecule has 29 heavy (non-hydrogen) atoms. The number of likely N-dealkylation sites (tertiary alicyclic amines) is 1.